The van der Waals surface area contributed by atoms with Gasteiger partial charge in [0.1, 0.15) is 0 Å². The first-order chi connectivity index (χ1) is 5.74. The Kier molecular flexibility index (Phi) is 5.29. The Balaban J connectivity index is 0.00000144. The molecule has 0 aromatic heterocycles. The van der Waals surface area contributed by atoms with Gasteiger partial charge in [-0.3, -0.25) is 4.84 Å². The van der Waals surface area contributed by atoms with Gasteiger partial charge in [-0.2, -0.15) is 0 Å². The minimum absolute atomic E-state index is 0. The molecule has 0 spiro atoms. The molecule has 0 bridgehead atoms. The van der Waals surface area contributed by atoms with Crippen LogP contribution in [-0.4, -0.2) is 11.1 Å². The van der Waals surface area contributed by atoms with Crippen LogP contribution in [0.1, 0.15) is 15.9 Å². The number of benzene rings is 1. The molecule has 3 N–H and O–H groups in total. The summed E-state index contributed by atoms with van der Waals surface area (Å²) >= 11 is 0. The lowest BCUT2D eigenvalue weighted by Crippen LogP contribution is -2.00. The quantitative estimate of drug-likeness (QED) is 0.792. The first kappa shape index (κ1) is 12.1. The molecule has 0 aliphatic heterocycles. The first-order valence-corrected chi connectivity index (χ1v) is 3.38. The van der Waals surface area contributed by atoms with E-state index in [1.165, 1.54) is 12.1 Å². The van der Waals surface area contributed by atoms with Gasteiger partial charge < -0.3 is 5.11 Å². The van der Waals surface area contributed by atoms with Gasteiger partial charge in [0, 0.05) is 0 Å². The Morgan fingerprint density at radius 3 is 2.31 bits per heavy atom. The summed E-state index contributed by atoms with van der Waals surface area (Å²) in [6, 6.07) is 6.35. The van der Waals surface area contributed by atoms with Gasteiger partial charge in [0.25, 0.3) is 0 Å². The summed E-state index contributed by atoms with van der Waals surface area (Å²) in [5, 5.41) is 8.55. The highest BCUT2D eigenvalue weighted by Crippen LogP contribution is 2.04. The standard InChI is InChI=1S/C8H9NO3.BrH/c9-12-5-6-1-3-7(4-2-6)8(10)11;/h1-4H,5,9H2,(H,10,11);1H. The maximum atomic E-state index is 10.4. The maximum Gasteiger partial charge on any atom is 0.335 e. The number of carboxylic acids is 1. The van der Waals surface area contributed by atoms with Crippen LogP contribution in [0.5, 0.6) is 0 Å². The van der Waals surface area contributed by atoms with Gasteiger partial charge >= 0.3 is 5.97 Å². The van der Waals surface area contributed by atoms with Crippen molar-refractivity contribution in [3.8, 4) is 0 Å². The molecule has 0 heterocycles. The number of aromatic carboxylic acids is 1. The zero-order chi connectivity index (χ0) is 8.97. The summed E-state index contributed by atoms with van der Waals surface area (Å²) in [4.78, 5) is 14.8. The van der Waals surface area contributed by atoms with Crippen molar-refractivity contribution in [1.29, 1.82) is 0 Å². The smallest absolute Gasteiger partial charge is 0.335 e. The fraction of sp³-hybridized carbons (Fsp3) is 0.125. The Morgan fingerprint density at radius 1 is 1.38 bits per heavy atom. The molecule has 0 radical (unpaired) electrons. The number of halogens is 1. The normalized spacial score (nSPS) is 9.00. The number of rotatable bonds is 3. The van der Waals surface area contributed by atoms with Crippen LogP contribution >= 0.6 is 17.0 Å². The van der Waals surface area contributed by atoms with Crippen molar-refractivity contribution in [1.82, 2.24) is 0 Å². The molecular weight excluding hydrogens is 238 g/mol. The van der Waals surface area contributed by atoms with Crippen molar-refractivity contribution >= 4 is 23.0 Å². The Labute approximate surface area is 86.0 Å². The number of carboxylic acid groups (broad SMARTS) is 1. The molecule has 0 fully saturated rings. The Morgan fingerprint density at radius 2 is 1.92 bits per heavy atom. The van der Waals surface area contributed by atoms with E-state index in [1.54, 1.807) is 12.1 Å². The topological polar surface area (TPSA) is 72.5 Å². The SMILES string of the molecule is Br.NOCc1ccc(C(=O)O)cc1. The molecule has 4 nitrogen and oxygen atoms in total. The lowest BCUT2D eigenvalue weighted by molar-refractivity contribution is 0.0696. The highest BCUT2D eigenvalue weighted by Gasteiger charge is 2.00. The van der Waals surface area contributed by atoms with Gasteiger partial charge in [0.05, 0.1) is 12.2 Å². The molecule has 0 aliphatic rings. The van der Waals surface area contributed by atoms with Crippen LogP contribution in [0.2, 0.25) is 0 Å². The van der Waals surface area contributed by atoms with Crippen LogP contribution in [0.25, 0.3) is 0 Å². The maximum absolute atomic E-state index is 10.4. The summed E-state index contributed by atoms with van der Waals surface area (Å²) in [6.45, 7) is 0.292. The molecule has 1 aromatic carbocycles. The summed E-state index contributed by atoms with van der Waals surface area (Å²) < 4.78 is 0. The van der Waals surface area contributed by atoms with E-state index in [0.717, 1.165) is 5.56 Å². The van der Waals surface area contributed by atoms with Crippen molar-refractivity contribution in [2.45, 2.75) is 6.61 Å². The first-order valence-electron chi connectivity index (χ1n) is 3.38. The largest absolute Gasteiger partial charge is 0.478 e. The second-order valence-corrected chi connectivity index (χ2v) is 2.31. The van der Waals surface area contributed by atoms with Crippen molar-refractivity contribution < 1.29 is 14.7 Å². The van der Waals surface area contributed by atoms with E-state index in [2.05, 4.69) is 4.84 Å². The molecule has 0 unspecified atom stereocenters. The van der Waals surface area contributed by atoms with E-state index in [4.69, 9.17) is 11.0 Å². The lowest BCUT2D eigenvalue weighted by Gasteiger charge is -1.98. The minimum atomic E-state index is -0.935. The summed E-state index contributed by atoms with van der Waals surface area (Å²) in [6.07, 6.45) is 0. The van der Waals surface area contributed by atoms with E-state index in [-0.39, 0.29) is 22.5 Å². The second kappa shape index (κ2) is 5.69. The predicted molar refractivity (Wildman–Crippen MR) is 52.7 cm³/mol. The van der Waals surface area contributed by atoms with Gasteiger partial charge in [-0.25, -0.2) is 10.7 Å². The van der Waals surface area contributed by atoms with Crippen molar-refractivity contribution in [2.24, 2.45) is 5.90 Å². The summed E-state index contributed by atoms with van der Waals surface area (Å²) in [5.41, 5.74) is 1.11. The van der Waals surface area contributed by atoms with E-state index < -0.39 is 5.97 Å². The van der Waals surface area contributed by atoms with E-state index in [9.17, 15) is 4.79 Å². The number of hydrogen-bond donors (Lipinski definition) is 2. The van der Waals surface area contributed by atoms with Gasteiger partial charge in [-0.15, -0.1) is 17.0 Å². The Bertz CT molecular complexity index is 273. The van der Waals surface area contributed by atoms with Crippen molar-refractivity contribution in [3.63, 3.8) is 0 Å². The average molecular weight is 248 g/mol. The minimum Gasteiger partial charge on any atom is -0.478 e. The molecule has 0 saturated carbocycles. The van der Waals surface area contributed by atoms with Crippen LogP contribution in [0, 0.1) is 0 Å². The fourth-order valence-corrected chi connectivity index (χ4v) is 0.840. The molecular formula is C8H10BrNO3. The lowest BCUT2D eigenvalue weighted by atomic mass is 10.1. The van der Waals surface area contributed by atoms with Gasteiger partial charge in [-0.05, 0) is 17.7 Å². The zero-order valence-corrected chi connectivity index (χ0v) is 8.48. The molecule has 0 amide bonds. The molecule has 5 heteroatoms. The highest BCUT2D eigenvalue weighted by atomic mass is 79.9. The molecule has 13 heavy (non-hydrogen) atoms. The number of hydrogen-bond acceptors (Lipinski definition) is 3. The third kappa shape index (κ3) is 3.54. The molecule has 0 atom stereocenters. The third-order valence-electron chi connectivity index (χ3n) is 1.45. The third-order valence-corrected chi connectivity index (χ3v) is 1.45. The van der Waals surface area contributed by atoms with E-state index in [0.29, 0.717) is 6.61 Å². The molecule has 1 rings (SSSR count). The number of carbonyl (C=O) groups is 1. The highest BCUT2D eigenvalue weighted by molar-refractivity contribution is 8.93. The molecule has 1 aromatic rings. The second-order valence-electron chi connectivity index (χ2n) is 2.31. The average Bonchev–Trinajstić information content (AvgIpc) is 2.06. The summed E-state index contributed by atoms with van der Waals surface area (Å²) in [7, 11) is 0. The molecule has 0 aliphatic carbocycles. The van der Waals surface area contributed by atoms with Crippen molar-refractivity contribution in [2.75, 3.05) is 0 Å². The van der Waals surface area contributed by atoms with E-state index in [1.807, 2.05) is 0 Å². The Hall–Kier alpha value is -0.910. The van der Waals surface area contributed by atoms with Crippen LogP contribution in [0.4, 0.5) is 0 Å². The van der Waals surface area contributed by atoms with Gasteiger partial charge in [0.15, 0.2) is 0 Å². The van der Waals surface area contributed by atoms with Gasteiger partial charge in [-0.1, -0.05) is 12.1 Å². The van der Waals surface area contributed by atoms with Crippen LogP contribution < -0.4 is 5.90 Å². The number of nitrogens with two attached hydrogens (primary N) is 1. The summed E-state index contributed by atoms with van der Waals surface area (Å²) in [5.74, 6) is 3.91. The van der Waals surface area contributed by atoms with Gasteiger partial charge in [0.2, 0.25) is 0 Å². The monoisotopic (exact) mass is 247 g/mol. The molecule has 72 valence electrons. The van der Waals surface area contributed by atoms with Crippen LogP contribution in [0.3, 0.4) is 0 Å². The van der Waals surface area contributed by atoms with E-state index >= 15 is 0 Å². The van der Waals surface area contributed by atoms with Crippen LogP contribution in [0.15, 0.2) is 24.3 Å². The molecule has 0 saturated heterocycles. The van der Waals surface area contributed by atoms with Crippen molar-refractivity contribution in [3.05, 3.63) is 35.4 Å². The predicted octanol–water partition coefficient (Wildman–Crippen LogP) is 1.35. The zero-order valence-electron chi connectivity index (χ0n) is 6.77. The fourth-order valence-electron chi connectivity index (χ4n) is 0.840. The van der Waals surface area contributed by atoms with Crippen LogP contribution in [-0.2, 0) is 11.4 Å².